The minimum atomic E-state index is -0.249. The first-order chi connectivity index (χ1) is 10.7. The fraction of sp³-hybridized carbons (Fsp3) is 0.176. The van der Waals surface area contributed by atoms with Crippen LogP contribution < -0.4 is 15.0 Å². The minimum Gasteiger partial charge on any atom is -0.489 e. The van der Waals surface area contributed by atoms with Crippen molar-refractivity contribution in [1.29, 1.82) is 5.26 Å². The van der Waals surface area contributed by atoms with Crippen molar-refractivity contribution < 1.29 is 9.53 Å². The van der Waals surface area contributed by atoms with Gasteiger partial charge in [0, 0.05) is 24.4 Å². The van der Waals surface area contributed by atoms with Crippen LogP contribution >= 0.6 is 0 Å². The van der Waals surface area contributed by atoms with E-state index in [0.717, 1.165) is 18.0 Å². The standard InChI is InChI=1S/C17H15N3O2/c1-20-7-8-22-16-10-14(5-6-15(16)20)19-17(21)13-4-2-3-12(9-13)11-18/h2-6,9-10H,7-8H2,1H3,(H,19,21). The van der Waals surface area contributed by atoms with Crippen molar-refractivity contribution in [3.05, 3.63) is 53.6 Å². The topological polar surface area (TPSA) is 65.4 Å². The molecule has 0 bridgehead atoms. The van der Waals surface area contributed by atoms with Crippen LogP contribution in [0.5, 0.6) is 5.75 Å². The second-order valence-electron chi connectivity index (χ2n) is 5.10. The van der Waals surface area contributed by atoms with Crippen molar-refractivity contribution in [2.24, 2.45) is 0 Å². The third-order valence-electron chi connectivity index (χ3n) is 3.57. The SMILES string of the molecule is CN1CCOc2cc(NC(=O)c3cccc(C#N)c3)ccc21. The number of likely N-dealkylation sites (N-methyl/N-ethyl adjacent to an activating group) is 1. The largest absolute Gasteiger partial charge is 0.489 e. The molecule has 0 saturated carbocycles. The number of hydrogen-bond acceptors (Lipinski definition) is 4. The van der Waals surface area contributed by atoms with Crippen molar-refractivity contribution in [2.45, 2.75) is 0 Å². The van der Waals surface area contributed by atoms with Gasteiger partial charge in [-0.15, -0.1) is 0 Å². The lowest BCUT2D eigenvalue weighted by Crippen LogP contribution is -2.28. The highest BCUT2D eigenvalue weighted by Crippen LogP contribution is 2.33. The van der Waals surface area contributed by atoms with Crippen molar-refractivity contribution in [2.75, 3.05) is 30.4 Å². The van der Waals surface area contributed by atoms with Crippen molar-refractivity contribution in [3.63, 3.8) is 0 Å². The molecule has 0 aliphatic carbocycles. The van der Waals surface area contributed by atoms with Gasteiger partial charge in [0.1, 0.15) is 12.4 Å². The van der Waals surface area contributed by atoms with Gasteiger partial charge in [-0.1, -0.05) is 6.07 Å². The molecular weight excluding hydrogens is 278 g/mol. The number of anilines is 2. The normalized spacial score (nSPS) is 12.8. The van der Waals surface area contributed by atoms with E-state index in [-0.39, 0.29) is 5.91 Å². The van der Waals surface area contributed by atoms with Gasteiger partial charge in [-0.25, -0.2) is 0 Å². The first kappa shape index (κ1) is 14.0. The first-order valence-corrected chi connectivity index (χ1v) is 6.97. The lowest BCUT2D eigenvalue weighted by atomic mass is 10.1. The Morgan fingerprint density at radius 3 is 3.00 bits per heavy atom. The van der Waals surface area contributed by atoms with Crippen molar-refractivity contribution in [3.8, 4) is 11.8 Å². The number of carbonyl (C=O) groups excluding carboxylic acids is 1. The average Bonchev–Trinajstić information content (AvgIpc) is 2.55. The van der Waals surface area contributed by atoms with Gasteiger partial charge in [0.05, 0.1) is 23.9 Å². The van der Waals surface area contributed by atoms with Crippen LogP contribution in [-0.4, -0.2) is 26.1 Å². The summed E-state index contributed by atoms with van der Waals surface area (Å²) in [5, 5.41) is 11.7. The summed E-state index contributed by atoms with van der Waals surface area (Å²) < 4.78 is 5.62. The number of nitrogens with zero attached hydrogens (tertiary/aromatic N) is 2. The predicted octanol–water partition coefficient (Wildman–Crippen LogP) is 2.64. The summed E-state index contributed by atoms with van der Waals surface area (Å²) in [5.41, 5.74) is 2.59. The van der Waals surface area contributed by atoms with E-state index in [2.05, 4.69) is 10.2 Å². The fourth-order valence-corrected chi connectivity index (χ4v) is 2.37. The Hall–Kier alpha value is -3.00. The van der Waals surface area contributed by atoms with Gasteiger partial charge in [-0.2, -0.15) is 5.26 Å². The Balaban J connectivity index is 1.81. The number of fused-ring (bicyclic) bond motifs is 1. The van der Waals surface area contributed by atoms with Gasteiger partial charge in [0.25, 0.3) is 5.91 Å². The summed E-state index contributed by atoms with van der Waals surface area (Å²) in [6.45, 7) is 1.48. The molecule has 2 aromatic rings. The monoisotopic (exact) mass is 293 g/mol. The molecule has 0 fully saturated rings. The molecule has 1 heterocycles. The van der Waals surface area contributed by atoms with Crippen LogP contribution in [0.25, 0.3) is 0 Å². The molecule has 5 heteroatoms. The number of nitriles is 1. The van der Waals surface area contributed by atoms with E-state index in [0.29, 0.717) is 23.4 Å². The van der Waals surface area contributed by atoms with Crippen molar-refractivity contribution in [1.82, 2.24) is 0 Å². The number of hydrogen-bond donors (Lipinski definition) is 1. The molecule has 1 aliphatic rings. The molecule has 0 spiro atoms. The lowest BCUT2D eigenvalue weighted by Gasteiger charge is -2.27. The molecule has 0 atom stereocenters. The average molecular weight is 293 g/mol. The number of nitrogens with one attached hydrogen (secondary N) is 1. The third-order valence-corrected chi connectivity index (χ3v) is 3.57. The molecule has 3 rings (SSSR count). The van der Waals surface area contributed by atoms with E-state index < -0.39 is 0 Å². The van der Waals surface area contributed by atoms with Crippen LogP contribution in [0.4, 0.5) is 11.4 Å². The third kappa shape index (κ3) is 2.72. The number of benzene rings is 2. The maximum Gasteiger partial charge on any atom is 0.255 e. The van der Waals surface area contributed by atoms with E-state index >= 15 is 0 Å². The quantitative estimate of drug-likeness (QED) is 0.924. The maximum absolute atomic E-state index is 12.2. The van der Waals surface area contributed by atoms with Crippen LogP contribution in [0.1, 0.15) is 15.9 Å². The summed E-state index contributed by atoms with van der Waals surface area (Å²) in [4.78, 5) is 14.4. The number of carbonyl (C=O) groups is 1. The molecule has 1 aliphatic heterocycles. The van der Waals surface area contributed by atoms with E-state index in [1.54, 1.807) is 24.3 Å². The van der Waals surface area contributed by atoms with Crippen LogP contribution in [0.2, 0.25) is 0 Å². The van der Waals surface area contributed by atoms with E-state index in [9.17, 15) is 4.79 Å². The Kier molecular flexibility index (Phi) is 3.67. The zero-order valence-corrected chi connectivity index (χ0v) is 12.2. The summed E-state index contributed by atoms with van der Waals surface area (Å²) in [7, 11) is 2.01. The fourth-order valence-electron chi connectivity index (χ4n) is 2.37. The van der Waals surface area contributed by atoms with E-state index in [1.807, 2.05) is 31.3 Å². The second-order valence-corrected chi connectivity index (χ2v) is 5.10. The van der Waals surface area contributed by atoms with Gasteiger partial charge in [-0.3, -0.25) is 4.79 Å². The molecule has 2 aromatic carbocycles. The zero-order valence-electron chi connectivity index (χ0n) is 12.2. The summed E-state index contributed by atoms with van der Waals surface area (Å²) in [6, 6.07) is 14.2. The predicted molar refractivity (Wildman–Crippen MR) is 84.3 cm³/mol. The molecule has 5 nitrogen and oxygen atoms in total. The first-order valence-electron chi connectivity index (χ1n) is 6.97. The summed E-state index contributed by atoms with van der Waals surface area (Å²) in [5.74, 6) is 0.513. The van der Waals surface area contributed by atoms with E-state index in [1.165, 1.54) is 0 Å². The van der Waals surface area contributed by atoms with Crippen LogP contribution in [0, 0.1) is 11.3 Å². The number of amides is 1. The lowest BCUT2D eigenvalue weighted by molar-refractivity contribution is 0.102. The Bertz CT molecular complexity index is 765. The molecular formula is C17H15N3O2. The Morgan fingerprint density at radius 2 is 2.18 bits per heavy atom. The van der Waals surface area contributed by atoms with E-state index in [4.69, 9.17) is 10.00 Å². The molecule has 22 heavy (non-hydrogen) atoms. The van der Waals surface area contributed by atoms with Crippen molar-refractivity contribution >= 4 is 17.3 Å². The smallest absolute Gasteiger partial charge is 0.255 e. The minimum absolute atomic E-state index is 0.249. The highest BCUT2D eigenvalue weighted by atomic mass is 16.5. The number of ether oxygens (including phenoxy) is 1. The molecule has 0 radical (unpaired) electrons. The maximum atomic E-state index is 12.2. The van der Waals surface area contributed by atoms with Gasteiger partial charge in [0.15, 0.2) is 0 Å². The zero-order chi connectivity index (χ0) is 15.5. The molecule has 0 aromatic heterocycles. The molecule has 110 valence electrons. The molecule has 0 saturated heterocycles. The Morgan fingerprint density at radius 1 is 1.32 bits per heavy atom. The summed E-state index contributed by atoms with van der Waals surface area (Å²) in [6.07, 6.45) is 0. The highest BCUT2D eigenvalue weighted by molar-refractivity contribution is 6.04. The summed E-state index contributed by atoms with van der Waals surface area (Å²) >= 11 is 0. The molecule has 1 amide bonds. The van der Waals surface area contributed by atoms with Crippen LogP contribution in [0.3, 0.4) is 0 Å². The second kappa shape index (κ2) is 5.78. The highest BCUT2D eigenvalue weighted by Gasteiger charge is 2.16. The molecule has 1 N–H and O–H groups in total. The van der Waals surface area contributed by atoms with Gasteiger partial charge >= 0.3 is 0 Å². The van der Waals surface area contributed by atoms with Gasteiger partial charge < -0.3 is 15.0 Å². The number of rotatable bonds is 2. The molecule has 0 unspecified atom stereocenters. The van der Waals surface area contributed by atoms with Crippen LogP contribution in [0.15, 0.2) is 42.5 Å². The van der Waals surface area contributed by atoms with Gasteiger partial charge in [-0.05, 0) is 30.3 Å². The van der Waals surface area contributed by atoms with Gasteiger partial charge in [0.2, 0.25) is 0 Å². The Labute approximate surface area is 128 Å². The van der Waals surface area contributed by atoms with Crippen LogP contribution in [-0.2, 0) is 0 Å².